The molecule has 21 heavy (non-hydrogen) atoms. The van der Waals surface area contributed by atoms with Crippen molar-refractivity contribution in [2.24, 2.45) is 11.8 Å². The molecule has 0 spiro atoms. The molecule has 1 saturated carbocycles. The van der Waals surface area contributed by atoms with Gasteiger partial charge in [0.15, 0.2) is 0 Å². The third kappa shape index (κ3) is 3.02. The zero-order chi connectivity index (χ0) is 14.8. The Morgan fingerprint density at radius 2 is 2.29 bits per heavy atom. The second kappa shape index (κ2) is 6.49. The molecule has 1 aromatic heterocycles. The van der Waals surface area contributed by atoms with Crippen molar-refractivity contribution in [1.29, 1.82) is 0 Å². The van der Waals surface area contributed by atoms with Gasteiger partial charge in [-0.1, -0.05) is 39.5 Å². The molecule has 3 unspecified atom stereocenters. The van der Waals surface area contributed by atoms with Crippen molar-refractivity contribution in [3.63, 3.8) is 0 Å². The summed E-state index contributed by atoms with van der Waals surface area (Å²) in [5, 5.41) is 7.85. The minimum atomic E-state index is -0.0127. The lowest BCUT2D eigenvalue weighted by Crippen LogP contribution is -2.36. The van der Waals surface area contributed by atoms with Crippen molar-refractivity contribution in [2.45, 2.75) is 58.2 Å². The van der Waals surface area contributed by atoms with Gasteiger partial charge >= 0.3 is 0 Å². The topological polar surface area (TPSA) is 32.3 Å². The zero-order valence-electron chi connectivity index (χ0n) is 13.0. The van der Waals surface area contributed by atoms with Crippen molar-refractivity contribution in [2.75, 3.05) is 6.54 Å². The van der Waals surface area contributed by atoms with E-state index < -0.39 is 0 Å². The lowest BCUT2D eigenvalue weighted by atomic mass is 9.83. The van der Waals surface area contributed by atoms with Crippen LogP contribution in [-0.4, -0.2) is 23.4 Å². The molecule has 0 bridgehead atoms. The highest BCUT2D eigenvalue weighted by atomic mass is 32.1. The Balaban J connectivity index is 1.73. The summed E-state index contributed by atoms with van der Waals surface area (Å²) in [6.07, 6.45) is 6.38. The molecule has 2 heterocycles. The summed E-state index contributed by atoms with van der Waals surface area (Å²) in [7, 11) is 0. The fraction of sp³-hybridized carbons (Fsp3) is 0.706. The fourth-order valence-corrected chi connectivity index (χ4v) is 4.01. The third-order valence-corrected chi connectivity index (χ3v) is 5.97. The first-order valence-corrected chi connectivity index (χ1v) is 9.23. The maximum absolute atomic E-state index is 12.8. The van der Waals surface area contributed by atoms with Gasteiger partial charge in [-0.15, -0.1) is 0 Å². The van der Waals surface area contributed by atoms with Gasteiger partial charge in [0.1, 0.15) is 6.17 Å². The van der Waals surface area contributed by atoms with Crippen molar-refractivity contribution in [3.8, 4) is 0 Å². The maximum Gasteiger partial charge on any atom is 0.241 e. The van der Waals surface area contributed by atoms with Crippen LogP contribution in [0, 0.1) is 11.8 Å². The quantitative estimate of drug-likeness (QED) is 0.867. The van der Waals surface area contributed by atoms with Crippen LogP contribution in [0.15, 0.2) is 16.8 Å². The van der Waals surface area contributed by atoms with Crippen molar-refractivity contribution in [3.05, 3.63) is 22.4 Å². The third-order valence-electron chi connectivity index (χ3n) is 5.27. The standard InChI is InChI=1S/C17H26N2OS/c1-3-12(2)15-17(20)19(9-7-13-5-4-6-13)16(18-15)14-8-10-21-11-14/h8,10-13,15-16,18H,3-7,9H2,1-2H3. The van der Waals surface area contributed by atoms with Gasteiger partial charge in [0.25, 0.3) is 0 Å². The SMILES string of the molecule is CCC(C)C1NC(c2ccsc2)N(CCC2CCC2)C1=O. The molecule has 1 saturated heterocycles. The average Bonchev–Trinajstić information content (AvgIpc) is 3.05. The smallest absolute Gasteiger partial charge is 0.241 e. The Kier molecular flexibility index (Phi) is 4.65. The molecule has 1 aliphatic heterocycles. The predicted molar refractivity (Wildman–Crippen MR) is 87.1 cm³/mol. The van der Waals surface area contributed by atoms with Crippen molar-refractivity contribution in [1.82, 2.24) is 10.2 Å². The molecular formula is C17H26N2OS. The van der Waals surface area contributed by atoms with Gasteiger partial charge in [-0.2, -0.15) is 11.3 Å². The van der Waals surface area contributed by atoms with Crippen molar-refractivity contribution < 1.29 is 4.79 Å². The molecule has 2 fully saturated rings. The average molecular weight is 306 g/mol. The molecule has 0 radical (unpaired) electrons. The van der Waals surface area contributed by atoms with Crippen molar-refractivity contribution >= 4 is 17.2 Å². The monoisotopic (exact) mass is 306 g/mol. The Morgan fingerprint density at radius 1 is 1.48 bits per heavy atom. The van der Waals surface area contributed by atoms with Crippen LogP contribution < -0.4 is 5.32 Å². The number of hydrogen-bond acceptors (Lipinski definition) is 3. The van der Waals surface area contributed by atoms with E-state index in [0.29, 0.717) is 11.8 Å². The molecule has 3 nitrogen and oxygen atoms in total. The number of hydrogen-bond donors (Lipinski definition) is 1. The normalized spacial score (nSPS) is 27.9. The minimum Gasteiger partial charge on any atom is -0.322 e. The largest absolute Gasteiger partial charge is 0.322 e. The van der Waals surface area contributed by atoms with E-state index in [0.717, 1.165) is 18.9 Å². The number of amides is 1. The number of nitrogens with one attached hydrogen (secondary N) is 1. The number of carbonyl (C=O) groups excluding carboxylic acids is 1. The molecule has 4 heteroatoms. The molecule has 3 rings (SSSR count). The molecule has 0 aromatic carbocycles. The predicted octanol–water partition coefficient (Wildman–Crippen LogP) is 3.78. The Hall–Kier alpha value is -0.870. The molecule has 1 N–H and O–H groups in total. The van der Waals surface area contributed by atoms with E-state index in [-0.39, 0.29) is 12.2 Å². The van der Waals surface area contributed by atoms with Gasteiger partial charge in [0.05, 0.1) is 6.04 Å². The Labute approximate surface area is 131 Å². The number of rotatable bonds is 6. The number of thiophene rings is 1. The Morgan fingerprint density at radius 3 is 2.86 bits per heavy atom. The van der Waals surface area contributed by atoms with Crippen LogP contribution in [0.25, 0.3) is 0 Å². The summed E-state index contributed by atoms with van der Waals surface area (Å²) in [4.78, 5) is 14.9. The van der Waals surface area contributed by atoms with Crippen LogP contribution in [-0.2, 0) is 4.79 Å². The van der Waals surface area contributed by atoms with E-state index in [9.17, 15) is 4.79 Å². The fourth-order valence-electron chi connectivity index (χ4n) is 3.33. The highest BCUT2D eigenvalue weighted by Crippen LogP contribution is 2.34. The van der Waals surface area contributed by atoms with E-state index in [1.807, 2.05) is 0 Å². The summed E-state index contributed by atoms with van der Waals surface area (Å²) in [5.41, 5.74) is 1.24. The first-order chi connectivity index (χ1) is 10.2. The summed E-state index contributed by atoms with van der Waals surface area (Å²) in [5.74, 6) is 1.55. The summed E-state index contributed by atoms with van der Waals surface area (Å²) < 4.78 is 0. The van der Waals surface area contributed by atoms with Gasteiger partial charge in [0.2, 0.25) is 5.91 Å². The molecule has 116 valence electrons. The summed E-state index contributed by atoms with van der Waals surface area (Å²) in [6, 6.07) is 2.13. The van der Waals surface area contributed by atoms with Gasteiger partial charge in [-0.05, 0) is 40.6 Å². The lowest BCUT2D eigenvalue weighted by Gasteiger charge is -2.30. The highest BCUT2D eigenvalue weighted by Gasteiger charge is 2.41. The van der Waals surface area contributed by atoms with E-state index in [2.05, 4.69) is 40.9 Å². The highest BCUT2D eigenvalue weighted by molar-refractivity contribution is 7.07. The van der Waals surface area contributed by atoms with Crippen LogP contribution in [0.4, 0.5) is 0 Å². The lowest BCUT2D eigenvalue weighted by molar-refractivity contribution is -0.131. The zero-order valence-corrected chi connectivity index (χ0v) is 13.9. The van der Waals surface area contributed by atoms with Crippen LogP contribution >= 0.6 is 11.3 Å². The van der Waals surface area contributed by atoms with Gasteiger partial charge in [-0.25, -0.2) is 0 Å². The van der Waals surface area contributed by atoms with E-state index in [1.54, 1.807) is 11.3 Å². The van der Waals surface area contributed by atoms with E-state index in [4.69, 9.17) is 0 Å². The molecule has 2 aliphatic rings. The van der Waals surface area contributed by atoms with Crippen LogP contribution in [0.2, 0.25) is 0 Å². The molecular weight excluding hydrogens is 280 g/mol. The first kappa shape index (κ1) is 15.0. The Bertz CT molecular complexity index is 469. The second-order valence-corrected chi connectivity index (χ2v) is 7.39. The molecule has 1 amide bonds. The van der Waals surface area contributed by atoms with E-state index in [1.165, 1.54) is 31.2 Å². The first-order valence-electron chi connectivity index (χ1n) is 8.29. The minimum absolute atomic E-state index is 0.0127. The number of carbonyl (C=O) groups is 1. The maximum atomic E-state index is 12.8. The van der Waals surface area contributed by atoms with Gasteiger partial charge in [0, 0.05) is 6.54 Å². The van der Waals surface area contributed by atoms with Gasteiger partial charge < -0.3 is 4.90 Å². The molecule has 3 atom stereocenters. The van der Waals surface area contributed by atoms with Gasteiger partial charge in [-0.3, -0.25) is 10.1 Å². The van der Waals surface area contributed by atoms with Crippen LogP contribution in [0.1, 0.15) is 57.7 Å². The summed E-state index contributed by atoms with van der Waals surface area (Å²) in [6.45, 7) is 5.25. The van der Waals surface area contributed by atoms with Crippen LogP contribution in [0.3, 0.4) is 0 Å². The van der Waals surface area contributed by atoms with Crippen LogP contribution in [0.5, 0.6) is 0 Å². The molecule has 1 aromatic rings. The molecule has 1 aliphatic carbocycles. The second-order valence-electron chi connectivity index (χ2n) is 6.61. The summed E-state index contributed by atoms with van der Waals surface area (Å²) >= 11 is 1.71. The van der Waals surface area contributed by atoms with E-state index >= 15 is 0 Å². The number of nitrogens with zero attached hydrogens (tertiary/aromatic N) is 1.